The van der Waals surface area contributed by atoms with E-state index in [4.69, 9.17) is 0 Å². The highest BCUT2D eigenvalue weighted by Crippen LogP contribution is 2.50. The van der Waals surface area contributed by atoms with Crippen LogP contribution < -0.4 is 15.3 Å². The fourth-order valence-electron chi connectivity index (χ4n) is 8.04. The van der Waals surface area contributed by atoms with Crippen LogP contribution in [-0.2, 0) is 5.41 Å². The molecule has 3 aliphatic rings. The molecule has 0 amide bonds. The quantitative estimate of drug-likeness (QED) is 0.206. The molecule has 44 heavy (non-hydrogen) atoms. The van der Waals surface area contributed by atoms with E-state index in [-0.39, 0.29) is 5.41 Å². The molecular weight excluding hydrogens is 530 g/mol. The predicted molar refractivity (Wildman–Crippen MR) is 185 cm³/mol. The van der Waals surface area contributed by atoms with Crippen LogP contribution in [0.2, 0.25) is 0 Å². The van der Waals surface area contributed by atoms with Gasteiger partial charge in [-0.3, -0.25) is 0 Å². The summed E-state index contributed by atoms with van der Waals surface area (Å²) in [5, 5.41) is 2.83. The number of hydrogen-bond donors (Lipinski definition) is 0. The molecule has 3 aliphatic carbocycles. The normalized spacial score (nSPS) is 14.7. The number of nitrogens with zero attached hydrogens (tertiary/aromatic N) is 1. The summed E-state index contributed by atoms with van der Waals surface area (Å²) in [6.07, 6.45) is 4.66. The highest BCUT2D eigenvalue weighted by atomic mass is 15.1. The molecule has 0 saturated carbocycles. The predicted octanol–water partition coefficient (Wildman–Crippen LogP) is 9.88. The van der Waals surface area contributed by atoms with Crippen molar-refractivity contribution in [1.82, 2.24) is 0 Å². The van der Waals surface area contributed by atoms with Crippen LogP contribution in [0.25, 0.3) is 45.0 Å². The lowest BCUT2D eigenvalue weighted by atomic mass is 9.82. The molecule has 0 radical (unpaired) electrons. The van der Waals surface area contributed by atoms with Crippen LogP contribution in [-0.4, -0.2) is 0 Å². The van der Waals surface area contributed by atoms with Crippen LogP contribution >= 0.6 is 0 Å². The molecule has 0 heterocycles. The molecule has 0 spiro atoms. The maximum atomic E-state index is 2.46. The molecular formula is C43H33N. The lowest BCUT2D eigenvalue weighted by Crippen LogP contribution is -2.31. The fraction of sp³-hybridized carbons (Fsp3) is 0.116. The summed E-state index contributed by atoms with van der Waals surface area (Å²) in [6.45, 7) is 4.71. The minimum absolute atomic E-state index is 0.0547. The van der Waals surface area contributed by atoms with Crippen molar-refractivity contribution >= 4 is 28.7 Å². The third-order valence-corrected chi connectivity index (χ3v) is 10.1. The second-order valence-corrected chi connectivity index (χ2v) is 12.8. The first-order chi connectivity index (χ1) is 21.6. The van der Waals surface area contributed by atoms with Gasteiger partial charge in [-0.25, -0.2) is 0 Å². The average molecular weight is 564 g/mol. The summed E-state index contributed by atoms with van der Waals surface area (Å²) in [5.74, 6) is 0. The van der Waals surface area contributed by atoms with Crippen molar-refractivity contribution < 1.29 is 0 Å². The summed E-state index contributed by atoms with van der Waals surface area (Å²) >= 11 is 0. The number of rotatable bonds is 4. The van der Waals surface area contributed by atoms with Gasteiger partial charge in [0.15, 0.2) is 0 Å². The number of benzene rings is 6. The van der Waals surface area contributed by atoms with E-state index in [9.17, 15) is 0 Å². The van der Waals surface area contributed by atoms with Gasteiger partial charge in [0.2, 0.25) is 0 Å². The second-order valence-electron chi connectivity index (χ2n) is 12.8. The van der Waals surface area contributed by atoms with Gasteiger partial charge in [-0.05, 0) is 115 Å². The van der Waals surface area contributed by atoms with E-state index in [1.54, 1.807) is 0 Å². The number of hydrogen-bond acceptors (Lipinski definition) is 1. The topological polar surface area (TPSA) is 3.24 Å². The smallest absolute Gasteiger partial charge is 0.0467 e. The lowest BCUT2D eigenvalue weighted by Gasteiger charge is -2.28. The van der Waals surface area contributed by atoms with Crippen molar-refractivity contribution in [2.75, 3.05) is 4.90 Å². The molecule has 1 nitrogen and oxygen atoms in total. The van der Waals surface area contributed by atoms with Crippen LogP contribution in [0.15, 0.2) is 133 Å². The Morgan fingerprint density at radius 3 is 2.02 bits per heavy atom. The number of anilines is 3. The molecule has 6 aromatic rings. The van der Waals surface area contributed by atoms with Gasteiger partial charge < -0.3 is 4.90 Å². The van der Waals surface area contributed by atoms with Gasteiger partial charge in [-0.1, -0.05) is 117 Å². The van der Waals surface area contributed by atoms with Crippen molar-refractivity contribution in [3.63, 3.8) is 0 Å². The first kappa shape index (κ1) is 25.4. The summed E-state index contributed by atoms with van der Waals surface area (Å²) in [6, 6.07) is 49.4. The molecule has 0 atom stereocenters. The van der Waals surface area contributed by atoms with Gasteiger partial charge in [0.25, 0.3) is 0 Å². The summed E-state index contributed by atoms with van der Waals surface area (Å²) < 4.78 is 0. The largest absolute Gasteiger partial charge is 0.310 e. The Balaban J connectivity index is 1.21. The lowest BCUT2D eigenvalue weighted by molar-refractivity contribution is 0.660. The molecule has 0 N–H and O–H groups in total. The first-order valence-corrected chi connectivity index (χ1v) is 15.8. The molecule has 0 saturated heterocycles. The van der Waals surface area contributed by atoms with E-state index >= 15 is 0 Å². The van der Waals surface area contributed by atoms with Crippen molar-refractivity contribution in [3.8, 4) is 33.4 Å². The summed E-state index contributed by atoms with van der Waals surface area (Å²) in [7, 11) is 0. The van der Waals surface area contributed by atoms with Gasteiger partial charge in [-0.15, -0.1) is 0 Å². The molecule has 0 aromatic heterocycles. The van der Waals surface area contributed by atoms with Crippen molar-refractivity contribution in [2.45, 2.75) is 32.1 Å². The molecule has 0 aliphatic heterocycles. The average Bonchev–Trinajstić information content (AvgIpc) is 3.52. The number of para-hydroxylation sites is 1. The molecule has 0 bridgehead atoms. The van der Waals surface area contributed by atoms with Crippen LogP contribution in [0.3, 0.4) is 0 Å². The Kier molecular flexibility index (Phi) is 5.44. The standard InChI is InChI=1S/C43H33N/c1-43(2)40-21-9-8-18-35(40)36-23-22-31(27-41(36)43)44(29-13-4-3-5-14-29)30-15-10-12-28(26-30)32-24-25-39-34-17-7-6-16-33(34)38-20-11-19-37(32)42(38)39/h3-10,12-19,21-27H,11,20H2,1-2H3. The summed E-state index contributed by atoms with van der Waals surface area (Å²) in [5.41, 5.74) is 17.2. The molecule has 0 fully saturated rings. The summed E-state index contributed by atoms with van der Waals surface area (Å²) in [4.78, 5) is 2.42. The van der Waals surface area contributed by atoms with Gasteiger partial charge in [0.1, 0.15) is 0 Å². The molecule has 9 rings (SSSR count). The van der Waals surface area contributed by atoms with Gasteiger partial charge in [0, 0.05) is 22.5 Å². The zero-order valence-corrected chi connectivity index (χ0v) is 25.1. The van der Waals surface area contributed by atoms with Crippen molar-refractivity contribution in [3.05, 3.63) is 161 Å². The van der Waals surface area contributed by atoms with E-state index in [1.807, 2.05) is 0 Å². The zero-order valence-electron chi connectivity index (χ0n) is 25.1. The maximum Gasteiger partial charge on any atom is 0.0467 e. The SMILES string of the molecule is CC1(C)c2ccccc2-c2ccc(N(c3ccccc3)c3cccc(-c4ccc5c6c4=CCCC=6c4ccccc4-5)c3)cc21. The van der Waals surface area contributed by atoms with E-state index in [2.05, 4.69) is 158 Å². The zero-order chi connectivity index (χ0) is 29.4. The first-order valence-electron chi connectivity index (χ1n) is 15.8. The van der Waals surface area contributed by atoms with E-state index in [0.717, 1.165) is 24.2 Å². The Morgan fingerprint density at radius 1 is 0.500 bits per heavy atom. The highest BCUT2D eigenvalue weighted by Gasteiger charge is 2.35. The van der Waals surface area contributed by atoms with Crippen molar-refractivity contribution in [2.24, 2.45) is 0 Å². The third kappa shape index (κ3) is 3.59. The van der Waals surface area contributed by atoms with Crippen LogP contribution in [0.4, 0.5) is 17.1 Å². The minimum Gasteiger partial charge on any atom is -0.310 e. The maximum absolute atomic E-state index is 2.46. The van der Waals surface area contributed by atoms with Crippen molar-refractivity contribution in [1.29, 1.82) is 0 Å². The van der Waals surface area contributed by atoms with E-state index < -0.39 is 0 Å². The van der Waals surface area contributed by atoms with Crippen LogP contribution in [0.1, 0.15) is 43.4 Å². The highest BCUT2D eigenvalue weighted by molar-refractivity contribution is 5.92. The van der Waals surface area contributed by atoms with E-state index in [1.165, 1.54) is 71.8 Å². The van der Waals surface area contributed by atoms with Gasteiger partial charge >= 0.3 is 0 Å². The molecule has 0 unspecified atom stereocenters. The third-order valence-electron chi connectivity index (χ3n) is 10.1. The fourth-order valence-corrected chi connectivity index (χ4v) is 8.04. The Morgan fingerprint density at radius 2 is 1.16 bits per heavy atom. The molecule has 1 heteroatoms. The second kappa shape index (κ2) is 9.43. The van der Waals surface area contributed by atoms with Crippen LogP contribution in [0, 0.1) is 0 Å². The molecule has 6 aromatic carbocycles. The van der Waals surface area contributed by atoms with Gasteiger partial charge in [0.05, 0.1) is 0 Å². The Hall–Kier alpha value is -5.14. The van der Waals surface area contributed by atoms with Gasteiger partial charge in [-0.2, -0.15) is 0 Å². The number of fused-ring (bicyclic) bond motifs is 6. The van der Waals surface area contributed by atoms with E-state index in [0.29, 0.717) is 0 Å². The Labute approximate surface area is 259 Å². The van der Waals surface area contributed by atoms with Crippen LogP contribution in [0.5, 0.6) is 0 Å². The monoisotopic (exact) mass is 563 g/mol. The Bertz CT molecular complexity index is 2250. The molecule has 210 valence electrons. The minimum atomic E-state index is -0.0547.